The lowest BCUT2D eigenvalue weighted by Gasteiger charge is -2.06. The van der Waals surface area contributed by atoms with Crippen molar-refractivity contribution in [2.45, 2.75) is 25.6 Å². The van der Waals surface area contributed by atoms with E-state index in [2.05, 4.69) is 0 Å². The topological polar surface area (TPSA) is 34.1 Å². The van der Waals surface area contributed by atoms with Gasteiger partial charge in [-0.3, -0.25) is 0 Å². The van der Waals surface area contributed by atoms with Crippen molar-refractivity contribution in [2.24, 2.45) is 5.92 Å². The highest BCUT2D eigenvalue weighted by atomic mass is 16.1. The van der Waals surface area contributed by atoms with Crippen LogP contribution in [0.4, 0.5) is 0 Å². The van der Waals surface area contributed by atoms with Crippen LogP contribution in [0.25, 0.3) is 0 Å². The van der Waals surface area contributed by atoms with Crippen molar-refractivity contribution in [2.75, 3.05) is 0 Å². The molecule has 0 aromatic heterocycles. The molecular weight excluding hydrogens is 127 g/mol. The summed E-state index contributed by atoms with van der Waals surface area (Å²) in [6.45, 7) is 0. The Morgan fingerprint density at radius 2 is 1.90 bits per heavy atom. The van der Waals surface area contributed by atoms with Crippen molar-refractivity contribution < 1.29 is 11.0 Å². The quantitative estimate of drug-likeness (QED) is 0.402. The molecule has 1 unspecified atom stereocenters. The van der Waals surface area contributed by atoms with Crippen molar-refractivity contribution in [1.82, 2.24) is 0 Å². The van der Waals surface area contributed by atoms with E-state index in [9.17, 15) is 9.59 Å². The fourth-order valence-corrected chi connectivity index (χ4v) is 0.753. The van der Waals surface area contributed by atoms with E-state index in [-0.39, 0.29) is 5.92 Å². The summed E-state index contributed by atoms with van der Waals surface area (Å²) in [7, 11) is 5.19. The van der Waals surface area contributed by atoms with Gasteiger partial charge in [0.2, 0.25) is 0 Å². The monoisotopic (exact) mass is 139 g/mol. The molecule has 54 valence electrons. The van der Waals surface area contributed by atoms with E-state index >= 15 is 0 Å². The van der Waals surface area contributed by atoms with Crippen LogP contribution in [0.15, 0.2) is 0 Å². The van der Waals surface area contributed by atoms with Gasteiger partial charge in [0.25, 0.3) is 0 Å². The highest BCUT2D eigenvalue weighted by Crippen LogP contribution is 2.11. The zero-order valence-corrected chi connectivity index (χ0v) is 5.82. The third-order valence-electron chi connectivity index (χ3n) is 1.33. The Labute approximate surface area is 63.8 Å². The van der Waals surface area contributed by atoms with Crippen LogP contribution in [0.3, 0.4) is 0 Å². The van der Waals surface area contributed by atoms with E-state index in [1.165, 1.54) is 0 Å². The third-order valence-corrected chi connectivity index (χ3v) is 1.33. The summed E-state index contributed by atoms with van der Waals surface area (Å²) in [5.41, 5.74) is 0. The molecule has 0 aliphatic rings. The van der Waals surface area contributed by atoms with Crippen LogP contribution in [-0.2, 0) is 9.59 Å². The first kappa shape index (κ1) is 7.51. The van der Waals surface area contributed by atoms with Gasteiger partial charge in [0.15, 0.2) is 0 Å². The van der Waals surface area contributed by atoms with Crippen molar-refractivity contribution in [3.8, 4) is 0 Å². The van der Waals surface area contributed by atoms with E-state index in [1.807, 2.05) is 0 Å². The molecule has 0 aromatic carbocycles. The summed E-state index contributed by atoms with van der Waals surface area (Å²) in [5.74, 6) is -0.0440. The van der Waals surface area contributed by atoms with Gasteiger partial charge in [0.1, 0.15) is 12.6 Å². The van der Waals surface area contributed by atoms with Crippen molar-refractivity contribution >= 4 is 20.4 Å². The van der Waals surface area contributed by atoms with E-state index in [0.29, 0.717) is 19.3 Å². The number of hydrogen-bond donors (Lipinski definition) is 0. The molecule has 1 atom stereocenters. The predicted octanol–water partition coefficient (Wildman–Crippen LogP) is 0.757. The third kappa shape index (κ3) is 4.30. The maximum Gasteiger partial charge on any atom is 0.120 e. The molecule has 0 amide bonds. The van der Waals surface area contributed by atoms with Crippen molar-refractivity contribution in [1.29, 1.82) is 0 Å². The molecule has 0 saturated carbocycles. The van der Waals surface area contributed by atoms with Crippen LogP contribution >= 0.6 is 0 Å². The summed E-state index contributed by atoms with van der Waals surface area (Å²) >= 11 is 0. The number of rotatable bonds is 6. The molecule has 0 saturated heterocycles. The Balaban J connectivity index is 3.67. The molecule has 0 N–H and O–H groups in total. The second kappa shape index (κ2) is 6.52. The normalized spacial score (nSPS) is 14.3. The van der Waals surface area contributed by atoms with E-state index in [4.69, 9.17) is 9.22 Å². The molecule has 2 radical (unpaired) electrons. The molecule has 0 rings (SSSR count). The predicted molar refractivity (Wildman–Crippen MR) is 40.0 cm³/mol. The maximum absolute atomic E-state index is 10.1. The number of carbonyl (C=O) groups is 2. The van der Waals surface area contributed by atoms with E-state index < -0.39 is 6.30 Å². The maximum atomic E-state index is 10.1. The zero-order valence-electron chi connectivity index (χ0n) is 6.82. The second-order valence-electron chi connectivity index (χ2n) is 2.14. The lowest BCUT2D eigenvalue weighted by molar-refractivity contribution is -0.110. The fraction of sp³-hybridized carbons (Fsp3) is 0.714. The average molecular weight is 139 g/mol. The molecule has 3 heteroatoms. The van der Waals surface area contributed by atoms with Gasteiger partial charge in [0, 0.05) is 14.2 Å². The fourth-order valence-electron chi connectivity index (χ4n) is 0.753. The summed E-state index contributed by atoms with van der Waals surface area (Å²) < 4.78 is 7.01. The van der Waals surface area contributed by atoms with Gasteiger partial charge in [-0.25, -0.2) is 0 Å². The molecule has 0 aromatic rings. The molecule has 10 heavy (non-hydrogen) atoms. The van der Waals surface area contributed by atoms with Crippen molar-refractivity contribution in [3.05, 3.63) is 0 Å². The van der Waals surface area contributed by atoms with Crippen LogP contribution in [-0.4, -0.2) is 20.4 Å². The second-order valence-corrected chi connectivity index (χ2v) is 2.14. The minimum absolute atomic E-state index is 0.0440. The van der Waals surface area contributed by atoms with Gasteiger partial charge in [0.05, 0.1) is 7.85 Å². The highest BCUT2D eigenvalue weighted by molar-refractivity contribution is 6.08. The van der Waals surface area contributed by atoms with Crippen LogP contribution in [0.1, 0.15) is 20.6 Å². The van der Waals surface area contributed by atoms with Crippen molar-refractivity contribution in [3.63, 3.8) is 0 Å². The Bertz CT molecular complexity index is 118. The summed E-state index contributed by atoms with van der Waals surface area (Å²) in [5, 5.41) is 0. The van der Waals surface area contributed by atoms with Crippen LogP contribution in [0.5, 0.6) is 0 Å². The van der Waals surface area contributed by atoms with E-state index in [1.54, 1.807) is 0 Å². The van der Waals surface area contributed by atoms with Gasteiger partial charge >= 0.3 is 0 Å². The lowest BCUT2D eigenvalue weighted by atomic mass is 9.90. The highest BCUT2D eigenvalue weighted by Gasteiger charge is 2.04. The minimum atomic E-state index is -0.681. The first-order valence-corrected chi connectivity index (χ1v) is 3.25. The summed E-state index contributed by atoms with van der Waals surface area (Å²) in [6, 6.07) is 0. The molecular formula is C7H11BO2. The number of aldehydes is 2. The van der Waals surface area contributed by atoms with Gasteiger partial charge in [-0.05, 0) is 5.92 Å². The Kier molecular flexibility index (Phi) is 4.90. The van der Waals surface area contributed by atoms with Gasteiger partial charge in [-0.2, -0.15) is 0 Å². The molecule has 0 fully saturated rings. The first-order chi connectivity index (χ1) is 5.20. The lowest BCUT2D eigenvalue weighted by Crippen LogP contribution is -2.01. The standard InChI is InChI=1S/C7H11BO2/c8-4-1-7(2-5-9)3-6-10/h5-7H,1-4H2/i4D. The largest absolute Gasteiger partial charge is 0.303 e. The van der Waals surface area contributed by atoms with Crippen LogP contribution < -0.4 is 0 Å². The van der Waals surface area contributed by atoms with Crippen LogP contribution in [0, 0.1) is 5.92 Å². The summed E-state index contributed by atoms with van der Waals surface area (Å²) in [6.07, 6.45) is 1.90. The zero-order chi connectivity index (χ0) is 8.69. The minimum Gasteiger partial charge on any atom is -0.303 e. The molecule has 0 aliphatic heterocycles. The molecule has 0 spiro atoms. The molecule has 0 heterocycles. The molecule has 2 nitrogen and oxygen atoms in total. The van der Waals surface area contributed by atoms with Crippen LogP contribution in [0.2, 0.25) is 6.30 Å². The van der Waals surface area contributed by atoms with Gasteiger partial charge in [-0.15, -0.1) is 0 Å². The smallest absolute Gasteiger partial charge is 0.120 e. The Morgan fingerprint density at radius 1 is 1.40 bits per heavy atom. The Hall–Kier alpha value is -0.595. The Morgan fingerprint density at radius 3 is 2.20 bits per heavy atom. The molecule has 0 bridgehead atoms. The summed E-state index contributed by atoms with van der Waals surface area (Å²) in [4.78, 5) is 20.1. The number of carbonyl (C=O) groups excluding carboxylic acids is 2. The van der Waals surface area contributed by atoms with E-state index in [0.717, 1.165) is 12.6 Å². The van der Waals surface area contributed by atoms with Gasteiger partial charge in [-0.1, -0.05) is 12.7 Å². The number of hydrogen-bond acceptors (Lipinski definition) is 2. The average Bonchev–Trinajstić information content (AvgIpc) is 1.87. The molecule has 0 aliphatic carbocycles. The SMILES string of the molecule is [2H]C([B])CC(CC=O)CC=O. The van der Waals surface area contributed by atoms with Gasteiger partial charge < -0.3 is 9.59 Å². The first-order valence-electron chi connectivity index (χ1n) is 3.83.